The Hall–Kier alpha value is -2.27. The lowest BCUT2D eigenvalue weighted by atomic mass is 10.3. The molecule has 2 N–H and O–H groups in total. The molecule has 19 heavy (non-hydrogen) atoms. The number of hydrogen-bond donors (Lipinski definition) is 2. The van der Waals surface area contributed by atoms with Crippen molar-refractivity contribution in [3.8, 4) is 5.75 Å². The first kappa shape index (κ1) is 13.2. The maximum absolute atomic E-state index is 11.9. The topological polar surface area (TPSA) is 63.5 Å². The molecule has 0 fully saturated rings. The van der Waals surface area contributed by atoms with E-state index in [9.17, 15) is 4.79 Å². The van der Waals surface area contributed by atoms with Crippen molar-refractivity contribution in [3.05, 3.63) is 48.3 Å². The predicted molar refractivity (Wildman–Crippen MR) is 72.0 cm³/mol. The number of nitrogens with one attached hydrogen (secondary N) is 1. The SMILES string of the molecule is COc1ccc(NC(=O)Cn2cccc2CO)cc1. The van der Waals surface area contributed by atoms with E-state index in [1.54, 1.807) is 54.3 Å². The van der Waals surface area contributed by atoms with Gasteiger partial charge < -0.3 is 19.7 Å². The number of aliphatic hydroxyl groups excluding tert-OH is 1. The number of amides is 1. The fourth-order valence-electron chi connectivity index (χ4n) is 1.78. The van der Waals surface area contributed by atoms with Gasteiger partial charge in [-0.3, -0.25) is 4.79 Å². The van der Waals surface area contributed by atoms with E-state index in [2.05, 4.69) is 5.32 Å². The van der Waals surface area contributed by atoms with Crippen molar-refractivity contribution in [2.45, 2.75) is 13.2 Å². The second-order valence-corrected chi connectivity index (χ2v) is 4.06. The molecule has 0 unspecified atom stereocenters. The van der Waals surface area contributed by atoms with E-state index in [4.69, 9.17) is 9.84 Å². The molecule has 0 spiro atoms. The minimum atomic E-state index is -0.143. The number of aromatic nitrogens is 1. The van der Waals surface area contributed by atoms with E-state index in [0.29, 0.717) is 11.4 Å². The number of nitrogens with zero attached hydrogens (tertiary/aromatic N) is 1. The summed E-state index contributed by atoms with van der Waals surface area (Å²) in [6, 6.07) is 10.7. The zero-order valence-electron chi connectivity index (χ0n) is 10.7. The summed E-state index contributed by atoms with van der Waals surface area (Å²) < 4.78 is 6.75. The molecule has 2 rings (SSSR count). The van der Waals surface area contributed by atoms with Crippen LogP contribution in [0, 0.1) is 0 Å². The largest absolute Gasteiger partial charge is 0.497 e. The highest BCUT2D eigenvalue weighted by Crippen LogP contribution is 2.15. The summed E-state index contributed by atoms with van der Waals surface area (Å²) in [4.78, 5) is 11.9. The van der Waals surface area contributed by atoms with Gasteiger partial charge in [0, 0.05) is 17.6 Å². The van der Waals surface area contributed by atoms with Crippen LogP contribution < -0.4 is 10.1 Å². The fourth-order valence-corrected chi connectivity index (χ4v) is 1.78. The molecule has 1 aromatic carbocycles. The number of aliphatic hydroxyl groups is 1. The molecule has 1 amide bonds. The van der Waals surface area contributed by atoms with Crippen LogP contribution in [0.3, 0.4) is 0 Å². The van der Waals surface area contributed by atoms with Gasteiger partial charge in [0.05, 0.1) is 13.7 Å². The Labute approximate surface area is 111 Å². The highest BCUT2D eigenvalue weighted by atomic mass is 16.5. The molecular formula is C14H16N2O3. The first-order valence-electron chi connectivity index (χ1n) is 5.91. The molecule has 5 nitrogen and oxygen atoms in total. The molecule has 1 aromatic heterocycles. The normalized spacial score (nSPS) is 10.2. The van der Waals surface area contributed by atoms with E-state index in [0.717, 1.165) is 5.75 Å². The van der Waals surface area contributed by atoms with E-state index >= 15 is 0 Å². The molecule has 2 aromatic rings. The van der Waals surface area contributed by atoms with Gasteiger partial charge in [-0.05, 0) is 36.4 Å². The monoisotopic (exact) mass is 260 g/mol. The van der Waals surface area contributed by atoms with Gasteiger partial charge in [0.15, 0.2) is 0 Å². The average Bonchev–Trinajstić information content (AvgIpc) is 2.86. The van der Waals surface area contributed by atoms with Crippen LogP contribution in [0.2, 0.25) is 0 Å². The highest BCUT2D eigenvalue weighted by Gasteiger charge is 2.06. The summed E-state index contributed by atoms with van der Waals surface area (Å²) in [6.45, 7) is 0.0950. The van der Waals surface area contributed by atoms with Crippen molar-refractivity contribution in [2.24, 2.45) is 0 Å². The first-order chi connectivity index (χ1) is 9.22. The third-order valence-corrected chi connectivity index (χ3v) is 2.77. The fraction of sp³-hybridized carbons (Fsp3) is 0.214. The maximum atomic E-state index is 11.9. The molecular weight excluding hydrogens is 244 g/mol. The predicted octanol–water partition coefficient (Wildman–Crippen LogP) is 1.63. The number of methoxy groups -OCH3 is 1. The number of hydrogen-bond acceptors (Lipinski definition) is 3. The van der Waals surface area contributed by atoms with E-state index < -0.39 is 0 Å². The second-order valence-electron chi connectivity index (χ2n) is 4.06. The Morgan fingerprint density at radius 3 is 2.68 bits per heavy atom. The van der Waals surface area contributed by atoms with Gasteiger partial charge in [0.2, 0.25) is 5.91 Å². The van der Waals surface area contributed by atoms with Gasteiger partial charge in [-0.25, -0.2) is 0 Å². The number of carbonyl (C=O) groups is 1. The van der Waals surface area contributed by atoms with Gasteiger partial charge in [-0.1, -0.05) is 0 Å². The van der Waals surface area contributed by atoms with Crippen molar-refractivity contribution in [1.82, 2.24) is 4.57 Å². The quantitative estimate of drug-likeness (QED) is 0.858. The molecule has 0 aliphatic heterocycles. The van der Waals surface area contributed by atoms with Crippen LogP contribution >= 0.6 is 0 Å². The molecule has 0 saturated carbocycles. The lowest BCUT2D eigenvalue weighted by Crippen LogP contribution is -2.19. The average molecular weight is 260 g/mol. The molecule has 0 radical (unpaired) electrons. The maximum Gasteiger partial charge on any atom is 0.244 e. The lowest BCUT2D eigenvalue weighted by Gasteiger charge is -2.09. The van der Waals surface area contributed by atoms with Gasteiger partial charge in [0.25, 0.3) is 0 Å². The van der Waals surface area contributed by atoms with Crippen LogP contribution in [-0.2, 0) is 17.9 Å². The van der Waals surface area contributed by atoms with E-state index in [1.807, 2.05) is 0 Å². The minimum absolute atomic E-state index is 0.0805. The van der Waals surface area contributed by atoms with Crippen LogP contribution in [0.15, 0.2) is 42.6 Å². The molecule has 100 valence electrons. The van der Waals surface area contributed by atoms with Crippen LogP contribution in [-0.4, -0.2) is 22.7 Å². The summed E-state index contributed by atoms with van der Waals surface area (Å²) in [7, 11) is 1.59. The second kappa shape index (κ2) is 6.06. The first-order valence-corrected chi connectivity index (χ1v) is 5.91. The van der Waals surface area contributed by atoms with Crippen LogP contribution in [0.4, 0.5) is 5.69 Å². The Kier molecular flexibility index (Phi) is 4.20. The third kappa shape index (κ3) is 3.35. The Balaban J connectivity index is 1.97. The molecule has 0 aliphatic rings. The zero-order chi connectivity index (χ0) is 13.7. The van der Waals surface area contributed by atoms with E-state index in [1.165, 1.54) is 0 Å². The Bertz CT molecular complexity index is 546. The van der Waals surface area contributed by atoms with Gasteiger partial charge >= 0.3 is 0 Å². The van der Waals surface area contributed by atoms with Crippen molar-refractivity contribution >= 4 is 11.6 Å². The third-order valence-electron chi connectivity index (χ3n) is 2.77. The molecule has 5 heteroatoms. The number of ether oxygens (including phenoxy) is 1. The number of carbonyl (C=O) groups excluding carboxylic acids is 1. The number of anilines is 1. The smallest absolute Gasteiger partial charge is 0.244 e. The van der Waals surface area contributed by atoms with Crippen molar-refractivity contribution in [1.29, 1.82) is 0 Å². The summed E-state index contributed by atoms with van der Waals surface area (Å²) >= 11 is 0. The van der Waals surface area contributed by atoms with Gasteiger partial charge in [0.1, 0.15) is 12.3 Å². The van der Waals surface area contributed by atoms with Crippen molar-refractivity contribution in [3.63, 3.8) is 0 Å². The Morgan fingerprint density at radius 1 is 1.32 bits per heavy atom. The Morgan fingerprint density at radius 2 is 2.05 bits per heavy atom. The van der Waals surface area contributed by atoms with Crippen LogP contribution in [0.5, 0.6) is 5.75 Å². The summed E-state index contributed by atoms with van der Waals surface area (Å²) in [6.07, 6.45) is 1.76. The zero-order valence-corrected chi connectivity index (χ0v) is 10.7. The lowest BCUT2D eigenvalue weighted by molar-refractivity contribution is -0.116. The molecule has 0 saturated heterocycles. The van der Waals surface area contributed by atoms with Crippen LogP contribution in [0.1, 0.15) is 5.69 Å². The summed E-state index contributed by atoms with van der Waals surface area (Å²) in [5.41, 5.74) is 1.42. The molecule has 1 heterocycles. The minimum Gasteiger partial charge on any atom is -0.497 e. The molecule has 0 atom stereocenters. The van der Waals surface area contributed by atoms with Gasteiger partial charge in [-0.15, -0.1) is 0 Å². The van der Waals surface area contributed by atoms with Gasteiger partial charge in [-0.2, -0.15) is 0 Å². The van der Waals surface area contributed by atoms with Crippen molar-refractivity contribution in [2.75, 3.05) is 12.4 Å². The standard InChI is InChI=1S/C14H16N2O3/c1-19-13-6-4-11(5-7-13)15-14(18)9-16-8-2-3-12(16)10-17/h2-8,17H,9-10H2,1H3,(H,15,18). The highest BCUT2D eigenvalue weighted by molar-refractivity contribution is 5.90. The molecule has 0 aliphatic carbocycles. The van der Waals surface area contributed by atoms with Crippen LogP contribution in [0.25, 0.3) is 0 Å². The number of rotatable bonds is 5. The summed E-state index contributed by atoms with van der Waals surface area (Å²) in [5.74, 6) is 0.599. The number of benzene rings is 1. The van der Waals surface area contributed by atoms with E-state index in [-0.39, 0.29) is 19.1 Å². The molecule has 0 bridgehead atoms. The summed E-state index contributed by atoms with van der Waals surface area (Å²) in [5, 5.41) is 11.9. The van der Waals surface area contributed by atoms with Crippen molar-refractivity contribution < 1.29 is 14.6 Å².